The lowest BCUT2D eigenvalue weighted by molar-refractivity contribution is -0.439. The zero-order valence-corrected chi connectivity index (χ0v) is 15.5. The van der Waals surface area contributed by atoms with Crippen molar-refractivity contribution >= 4 is 11.5 Å². The maximum atomic E-state index is 13.4. The summed E-state index contributed by atoms with van der Waals surface area (Å²) in [6.45, 7) is 0.590. The van der Waals surface area contributed by atoms with Crippen molar-refractivity contribution in [3.63, 3.8) is 0 Å². The molecule has 1 fully saturated rings. The molecule has 0 amide bonds. The predicted molar refractivity (Wildman–Crippen MR) is 103 cm³/mol. The van der Waals surface area contributed by atoms with Crippen LogP contribution in [-0.2, 0) is 5.72 Å². The summed E-state index contributed by atoms with van der Waals surface area (Å²) in [4.78, 5) is 37.5. The van der Waals surface area contributed by atoms with Crippen LogP contribution in [0, 0.1) is 26.1 Å². The van der Waals surface area contributed by atoms with E-state index in [0.717, 1.165) is 0 Å². The van der Waals surface area contributed by atoms with Crippen molar-refractivity contribution < 1.29 is 19.7 Å². The van der Waals surface area contributed by atoms with E-state index >= 15 is 0 Å². The lowest BCUT2D eigenvalue weighted by Gasteiger charge is -2.45. The number of hydrogen-bond acceptors (Lipinski definition) is 8. The van der Waals surface area contributed by atoms with Gasteiger partial charge in [0.05, 0.1) is 15.8 Å². The van der Waals surface area contributed by atoms with Crippen LogP contribution in [0.1, 0.15) is 27.4 Å². The molecule has 0 aromatic heterocycles. The SMILES string of the molecule is O=C1c2ccccc2[C@]2(O)[C@H]1[C@@H](c1ccccc1[N+](=O)[O-])C([N+](=O)[O-])=C1NCCN12. The molecular formula is C20H16N4O6. The number of para-hydroxylation sites is 1. The number of benzene rings is 2. The van der Waals surface area contributed by atoms with Gasteiger partial charge in [-0.15, -0.1) is 0 Å². The average molecular weight is 408 g/mol. The number of nitrogens with zero attached hydrogens (tertiary/aromatic N) is 3. The maximum Gasteiger partial charge on any atom is 0.294 e. The highest BCUT2D eigenvalue weighted by Crippen LogP contribution is 2.57. The first-order valence-electron chi connectivity index (χ1n) is 9.36. The first-order valence-corrected chi connectivity index (χ1v) is 9.36. The van der Waals surface area contributed by atoms with Crippen LogP contribution in [0.2, 0.25) is 0 Å². The van der Waals surface area contributed by atoms with Crippen molar-refractivity contribution in [2.24, 2.45) is 5.92 Å². The fourth-order valence-corrected chi connectivity index (χ4v) is 5.05. The summed E-state index contributed by atoms with van der Waals surface area (Å²) in [5.41, 5.74) is -1.88. The molecule has 2 N–H and O–H groups in total. The van der Waals surface area contributed by atoms with Crippen LogP contribution in [0.15, 0.2) is 60.0 Å². The van der Waals surface area contributed by atoms with Gasteiger partial charge in [0.2, 0.25) is 0 Å². The van der Waals surface area contributed by atoms with E-state index in [4.69, 9.17) is 0 Å². The van der Waals surface area contributed by atoms with Crippen LogP contribution in [0.3, 0.4) is 0 Å². The number of nitrogens with one attached hydrogen (secondary N) is 1. The number of carbonyl (C=O) groups is 1. The standard InChI is InChI=1S/C20H16N4O6/c25-18-11-5-1-3-7-13(11)20(26)16(18)15(12-6-2-4-8-14(12)23(27)28)17(24(29)30)19-21-9-10-22(19)20/h1-8,15-16,21,26H,9-10H2/t15-,16+,20+/m1/s1. The van der Waals surface area contributed by atoms with Gasteiger partial charge in [-0.05, 0) is 0 Å². The number of ketones is 1. The summed E-state index contributed by atoms with van der Waals surface area (Å²) in [6, 6.07) is 12.2. The molecule has 2 aliphatic heterocycles. The lowest BCUT2D eigenvalue weighted by Crippen LogP contribution is -2.55. The summed E-state index contributed by atoms with van der Waals surface area (Å²) in [7, 11) is 0. The molecule has 2 aromatic rings. The Balaban J connectivity index is 1.86. The van der Waals surface area contributed by atoms with Gasteiger partial charge < -0.3 is 15.3 Å². The highest BCUT2D eigenvalue weighted by atomic mass is 16.6. The van der Waals surface area contributed by atoms with Crippen LogP contribution in [0.5, 0.6) is 0 Å². The normalized spacial score (nSPS) is 26.7. The van der Waals surface area contributed by atoms with Gasteiger partial charge in [0.1, 0.15) is 5.92 Å². The van der Waals surface area contributed by atoms with Gasteiger partial charge in [0.15, 0.2) is 17.3 Å². The number of rotatable bonds is 3. The average Bonchev–Trinajstić information content (AvgIpc) is 3.30. The van der Waals surface area contributed by atoms with Gasteiger partial charge in [-0.3, -0.25) is 25.0 Å². The minimum absolute atomic E-state index is 0.0274. The molecular weight excluding hydrogens is 392 g/mol. The summed E-state index contributed by atoms with van der Waals surface area (Å²) in [6.07, 6.45) is 0. The number of allylic oxidation sites excluding steroid dienone is 1. The van der Waals surface area contributed by atoms with Crippen LogP contribution in [0.4, 0.5) is 5.69 Å². The fourth-order valence-electron chi connectivity index (χ4n) is 5.05. The molecule has 10 heteroatoms. The number of carbonyl (C=O) groups excluding carboxylic acids is 1. The highest BCUT2D eigenvalue weighted by molar-refractivity contribution is 6.04. The molecule has 2 aromatic carbocycles. The quantitative estimate of drug-likeness (QED) is 0.578. The van der Waals surface area contributed by atoms with E-state index < -0.39 is 33.2 Å². The Kier molecular flexibility index (Phi) is 3.71. The van der Waals surface area contributed by atoms with Crippen LogP contribution < -0.4 is 5.32 Å². The number of Topliss-reactive ketones (excluding diaryl/α,β-unsaturated/α-hetero) is 1. The second-order valence-electron chi connectivity index (χ2n) is 7.48. The molecule has 0 bridgehead atoms. The molecule has 0 unspecified atom stereocenters. The van der Waals surface area contributed by atoms with Crippen LogP contribution in [0.25, 0.3) is 0 Å². The van der Waals surface area contributed by atoms with Crippen molar-refractivity contribution in [1.29, 1.82) is 0 Å². The third-order valence-corrected chi connectivity index (χ3v) is 6.15. The number of fused-ring (bicyclic) bond motifs is 5. The van der Waals surface area contributed by atoms with Crippen molar-refractivity contribution in [1.82, 2.24) is 10.2 Å². The van der Waals surface area contributed by atoms with E-state index in [1.165, 1.54) is 29.2 Å². The Hall–Kier alpha value is -3.79. The molecule has 5 rings (SSSR count). The summed E-state index contributed by atoms with van der Waals surface area (Å²) in [5, 5.41) is 38.7. The second-order valence-corrected chi connectivity index (χ2v) is 7.48. The third-order valence-electron chi connectivity index (χ3n) is 6.15. The van der Waals surface area contributed by atoms with Crippen molar-refractivity contribution in [2.75, 3.05) is 13.1 Å². The topological polar surface area (TPSA) is 139 Å². The zero-order chi connectivity index (χ0) is 21.2. The van der Waals surface area contributed by atoms with E-state index in [0.29, 0.717) is 12.1 Å². The van der Waals surface area contributed by atoms with Gasteiger partial charge in [-0.1, -0.05) is 42.5 Å². The first kappa shape index (κ1) is 18.3. The van der Waals surface area contributed by atoms with E-state index in [1.807, 2.05) is 0 Å². The van der Waals surface area contributed by atoms with Gasteiger partial charge in [0.25, 0.3) is 11.4 Å². The largest absolute Gasteiger partial charge is 0.366 e. The molecule has 30 heavy (non-hydrogen) atoms. The molecule has 3 aliphatic rings. The minimum Gasteiger partial charge on any atom is -0.366 e. The Morgan fingerprint density at radius 2 is 1.77 bits per heavy atom. The smallest absolute Gasteiger partial charge is 0.294 e. The van der Waals surface area contributed by atoms with Crippen LogP contribution >= 0.6 is 0 Å². The predicted octanol–water partition coefficient (Wildman–Crippen LogP) is 1.70. The molecule has 0 radical (unpaired) electrons. The van der Waals surface area contributed by atoms with Crippen molar-refractivity contribution in [3.8, 4) is 0 Å². The minimum atomic E-state index is -1.85. The van der Waals surface area contributed by atoms with Crippen molar-refractivity contribution in [2.45, 2.75) is 11.6 Å². The van der Waals surface area contributed by atoms with E-state index in [9.17, 15) is 30.1 Å². The Labute approximate surface area is 169 Å². The van der Waals surface area contributed by atoms with Crippen LogP contribution in [-0.4, -0.2) is 38.7 Å². The second kappa shape index (κ2) is 6.10. The number of nitro groups is 2. The molecule has 0 spiro atoms. The molecule has 1 saturated heterocycles. The van der Waals surface area contributed by atoms with E-state index in [2.05, 4.69) is 5.32 Å². The number of aliphatic hydroxyl groups is 1. The van der Waals surface area contributed by atoms with Gasteiger partial charge in [0, 0.05) is 35.8 Å². The third kappa shape index (κ3) is 2.13. The Bertz CT molecular complexity index is 1160. The van der Waals surface area contributed by atoms with Crippen molar-refractivity contribution in [3.05, 3.63) is 97.0 Å². The maximum absolute atomic E-state index is 13.4. The molecule has 1 aliphatic carbocycles. The van der Waals surface area contributed by atoms with Gasteiger partial charge in [-0.25, -0.2) is 0 Å². The Morgan fingerprint density at radius 3 is 2.50 bits per heavy atom. The fraction of sp³-hybridized carbons (Fsp3) is 0.250. The monoisotopic (exact) mass is 408 g/mol. The molecule has 10 nitrogen and oxygen atoms in total. The highest BCUT2D eigenvalue weighted by Gasteiger charge is 2.66. The van der Waals surface area contributed by atoms with Gasteiger partial charge in [-0.2, -0.15) is 0 Å². The van der Waals surface area contributed by atoms with E-state index in [-0.39, 0.29) is 34.9 Å². The summed E-state index contributed by atoms with van der Waals surface area (Å²) >= 11 is 0. The number of hydrogen-bond donors (Lipinski definition) is 2. The zero-order valence-electron chi connectivity index (χ0n) is 15.5. The molecule has 2 heterocycles. The van der Waals surface area contributed by atoms with E-state index in [1.54, 1.807) is 24.3 Å². The lowest BCUT2D eigenvalue weighted by atomic mass is 9.73. The molecule has 0 saturated carbocycles. The molecule has 3 atom stereocenters. The van der Waals surface area contributed by atoms with Gasteiger partial charge >= 0.3 is 0 Å². The molecule has 152 valence electrons. The first-order chi connectivity index (χ1) is 14.4. The summed E-state index contributed by atoms with van der Waals surface area (Å²) < 4.78 is 0. The Morgan fingerprint density at radius 1 is 1.07 bits per heavy atom. The summed E-state index contributed by atoms with van der Waals surface area (Å²) in [5.74, 6) is -2.98. The number of nitro benzene ring substituents is 1.